The first-order chi connectivity index (χ1) is 17.3. The van der Waals surface area contributed by atoms with Crippen molar-refractivity contribution >= 4 is 27.2 Å². The highest BCUT2D eigenvalue weighted by molar-refractivity contribution is 7.92. The van der Waals surface area contributed by atoms with Gasteiger partial charge in [-0.05, 0) is 74.3 Å². The molecule has 3 aromatic rings. The second-order valence-electron chi connectivity index (χ2n) is 10.6. The van der Waals surface area contributed by atoms with Gasteiger partial charge in [-0.3, -0.25) is 9.52 Å². The highest BCUT2D eigenvalue weighted by Crippen LogP contribution is 2.54. The van der Waals surface area contributed by atoms with E-state index < -0.39 is 10.0 Å². The molecule has 3 fully saturated rings. The van der Waals surface area contributed by atoms with Crippen LogP contribution < -0.4 is 9.62 Å². The van der Waals surface area contributed by atoms with Gasteiger partial charge in [0.25, 0.3) is 0 Å². The maximum absolute atomic E-state index is 12.7. The number of ketones is 1. The Bertz CT molecular complexity index is 1390. The quantitative estimate of drug-likeness (QED) is 0.462. The molecule has 9 nitrogen and oxygen atoms in total. The van der Waals surface area contributed by atoms with Gasteiger partial charge >= 0.3 is 0 Å². The Balaban J connectivity index is 1.29. The number of anilines is 2. The van der Waals surface area contributed by atoms with Crippen LogP contribution in [-0.4, -0.2) is 48.5 Å². The molecule has 190 valence electrons. The molecule has 0 atom stereocenters. The standard InChI is InChI=1S/C26H31N5O4S/c1-36(33,34)28-19-6-7-21(22(16-19)30-14-12-26(10-11-26)13-15-30)31-17-20(27-29-31)23-8-9-24(35-23)25(32)18-4-2-3-5-18/h6-9,16-18,28H,2-5,10-15H2,1H3. The Morgan fingerprint density at radius 1 is 1.06 bits per heavy atom. The van der Waals surface area contributed by atoms with Crippen LogP contribution in [0.5, 0.6) is 0 Å². The van der Waals surface area contributed by atoms with Gasteiger partial charge in [0.15, 0.2) is 11.5 Å². The van der Waals surface area contributed by atoms with Crippen molar-refractivity contribution in [1.82, 2.24) is 15.0 Å². The number of nitrogens with one attached hydrogen (secondary N) is 1. The SMILES string of the molecule is CS(=O)(=O)Nc1ccc(-n2cc(-c3ccc(C(=O)C4CCCC4)o3)nn2)c(N2CCC3(CC2)CC3)c1. The van der Waals surface area contributed by atoms with Crippen molar-refractivity contribution in [3.8, 4) is 17.1 Å². The smallest absolute Gasteiger partial charge is 0.229 e. The fourth-order valence-electron chi connectivity index (χ4n) is 5.64. The summed E-state index contributed by atoms with van der Waals surface area (Å²) in [5, 5.41) is 8.66. The summed E-state index contributed by atoms with van der Waals surface area (Å²) in [6.45, 7) is 1.84. The summed E-state index contributed by atoms with van der Waals surface area (Å²) in [6, 6.07) is 8.97. The molecule has 6 rings (SSSR count). The number of hydrogen-bond donors (Lipinski definition) is 1. The van der Waals surface area contributed by atoms with Crippen molar-refractivity contribution < 1.29 is 17.6 Å². The zero-order valence-electron chi connectivity index (χ0n) is 20.4. The minimum absolute atomic E-state index is 0.0561. The molecule has 10 heteroatoms. The van der Waals surface area contributed by atoms with E-state index in [-0.39, 0.29) is 11.7 Å². The number of nitrogens with zero attached hydrogens (tertiary/aromatic N) is 4. The summed E-state index contributed by atoms with van der Waals surface area (Å²) in [6.07, 6.45) is 11.9. The van der Waals surface area contributed by atoms with E-state index in [4.69, 9.17) is 4.42 Å². The van der Waals surface area contributed by atoms with Crippen molar-refractivity contribution in [3.05, 3.63) is 42.3 Å². The first kappa shape index (κ1) is 23.3. The summed E-state index contributed by atoms with van der Waals surface area (Å²) in [5.74, 6) is 1.01. The highest BCUT2D eigenvalue weighted by Gasteiger charge is 2.44. The average Bonchev–Trinajstić information content (AvgIpc) is 3.35. The van der Waals surface area contributed by atoms with Gasteiger partial charge in [0.05, 0.1) is 29.5 Å². The van der Waals surface area contributed by atoms with Gasteiger partial charge < -0.3 is 9.32 Å². The molecule has 36 heavy (non-hydrogen) atoms. The highest BCUT2D eigenvalue weighted by atomic mass is 32.2. The molecule has 1 saturated heterocycles. The van der Waals surface area contributed by atoms with Crippen LogP contribution in [0.4, 0.5) is 11.4 Å². The van der Waals surface area contributed by atoms with Gasteiger partial charge in [0, 0.05) is 19.0 Å². The lowest BCUT2D eigenvalue weighted by Gasteiger charge is -2.35. The fraction of sp³-hybridized carbons (Fsp3) is 0.500. The normalized spacial score (nSPS) is 19.6. The summed E-state index contributed by atoms with van der Waals surface area (Å²) in [7, 11) is -3.40. The zero-order valence-corrected chi connectivity index (χ0v) is 21.3. The maximum atomic E-state index is 12.7. The number of hydrogen-bond acceptors (Lipinski definition) is 7. The number of Topliss-reactive ketones (excluding diaryl/α,β-unsaturated/α-hetero) is 1. The van der Waals surface area contributed by atoms with E-state index in [1.54, 1.807) is 29.1 Å². The van der Waals surface area contributed by atoms with Crippen molar-refractivity contribution in [2.45, 2.75) is 51.4 Å². The first-order valence-electron chi connectivity index (χ1n) is 12.7. The van der Waals surface area contributed by atoms with E-state index in [1.165, 1.54) is 12.8 Å². The third-order valence-corrected chi connectivity index (χ3v) is 8.57. The molecular formula is C26H31N5O4S. The molecule has 2 saturated carbocycles. The lowest BCUT2D eigenvalue weighted by molar-refractivity contribution is 0.0895. The molecule has 3 aliphatic rings. The number of rotatable bonds is 7. The Labute approximate surface area is 210 Å². The van der Waals surface area contributed by atoms with Crippen LogP contribution in [0, 0.1) is 11.3 Å². The molecular weight excluding hydrogens is 478 g/mol. The molecule has 2 aliphatic carbocycles. The molecule has 1 aliphatic heterocycles. The fourth-order valence-corrected chi connectivity index (χ4v) is 6.19. The number of furan rings is 1. The Kier molecular flexibility index (Phi) is 5.66. The van der Waals surface area contributed by atoms with Crippen molar-refractivity contribution in [3.63, 3.8) is 0 Å². The van der Waals surface area contributed by atoms with Gasteiger partial charge in [-0.15, -0.1) is 5.10 Å². The number of sulfonamides is 1. The zero-order chi connectivity index (χ0) is 24.9. The second-order valence-corrected chi connectivity index (χ2v) is 12.4. The number of aromatic nitrogens is 3. The van der Waals surface area contributed by atoms with E-state index in [0.29, 0.717) is 28.3 Å². The summed E-state index contributed by atoms with van der Waals surface area (Å²) < 4.78 is 33.9. The van der Waals surface area contributed by atoms with Crippen LogP contribution in [0.25, 0.3) is 17.1 Å². The van der Waals surface area contributed by atoms with Crippen molar-refractivity contribution in [2.24, 2.45) is 11.3 Å². The summed E-state index contributed by atoms with van der Waals surface area (Å²) in [5.41, 5.74) is 3.30. The van der Waals surface area contributed by atoms with Gasteiger partial charge in [0.2, 0.25) is 15.8 Å². The molecule has 3 heterocycles. The summed E-state index contributed by atoms with van der Waals surface area (Å²) in [4.78, 5) is 15.0. The number of carbonyl (C=O) groups is 1. The van der Waals surface area contributed by atoms with Crippen LogP contribution >= 0.6 is 0 Å². The third kappa shape index (κ3) is 4.66. The van der Waals surface area contributed by atoms with Crippen LogP contribution in [0.2, 0.25) is 0 Å². The largest absolute Gasteiger partial charge is 0.451 e. The minimum Gasteiger partial charge on any atom is -0.451 e. The molecule has 2 aromatic heterocycles. The van der Waals surface area contributed by atoms with E-state index in [0.717, 1.165) is 69.2 Å². The van der Waals surface area contributed by atoms with Crippen molar-refractivity contribution in [2.75, 3.05) is 29.0 Å². The lowest BCUT2D eigenvalue weighted by Crippen LogP contribution is -2.35. The van der Waals surface area contributed by atoms with E-state index in [1.807, 2.05) is 12.1 Å². The Hall–Kier alpha value is -3.14. The molecule has 0 radical (unpaired) electrons. The monoisotopic (exact) mass is 509 g/mol. The Morgan fingerprint density at radius 3 is 2.50 bits per heavy atom. The van der Waals surface area contributed by atoms with Crippen molar-refractivity contribution in [1.29, 1.82) is 0 Å². The van der Waals surface area contributed by atoms with Crippen LogP contribution in [0.1, 0.15) is 61.9 Å². The molecule has 0 unspecified atom stereocenters. The lowest BCUT2D eigenvalue weighted by atomic mass is 9.93. The number of piperidine rings is 1. The first-order valence-corrected chi connectivity index (χ1v) is 14.6. The van der Waals surface area contributed by atoms with E-state index in [9.17, 15) is 13.2 Å². The van der Waals surface area contributed by atoms with E-state index in [2.05, 4.69) is 19.9 Å². The Morgan fingerprint density at radius 2 is 1.81 bits per heavy atom. The topological polar surface area (TPSA) is 110 Å². The van der Waals surface area contributed by atoms with Gasteiger partial charge in [0.1, 0.15) is 5.69 Å². The molecule has 1 N–H and O–H groups in total. The van der Waals surface area contributed by atoms with Gasteiger partial charge in [-0.25, -0.2) is 13.1 Å². The van der Waals surface area contributed by atoms with Gasteiger partial charge in [-0.2, -0.15) is 0 Å². The average molecular weight is 510 g/mol. The second kappa shape index (κ2) is 8.76. The summed E-state index contributed by atoms with van der Waals surface area (Å²) >= 11 is 0. The third-order valence-electron chi connectivity index (χ3n) is 7.97. The molecule has 0 bridgehead atoms. The number of benzene rings is 1. The molecule has 1 aromatic carbocycles. The van der Waals surface area contributed by atoms with Crippen LogP contribution in [-0.2, 0) is 10.0 Å². The molecule has 0 amide bonds. The minimum atomic E-state index is -3.40. The predicted molar refractivity (Wildman–Crippen MR) is 137 cm³/mol. The molecule has 1 spiro atoms. The maximum Gasteiger partial charge on any atom is 0.229 e. The van der Waals surface area contributed by atoms with Crippen LogP contribution in [0.15, 0.2) is 40.9 Å². The van der Waals surface area contributed by atoms with Crippen LogP contribution in [0.3, 0.4) is 0 Å². The number of carbonyl (C=O) groups excluding carboxylic acids is 1. The predicted octanol–water partition coefficient (Wildman–Crippen LogP) is 4.65. The van der Waals surface area contributed by atoms with Gasteiger partial charge in [-0.1, -0.05) is 18.1 Å². The van der Waals surface area contributed by atoms with E-state index >= 15 is 0 Å².